The molecule has 0 aliphatic carbocycles. The fourth-order valence-corrected chi connectivity index (χ4v) is 3.37. The van der Waals surface area contributed by atoms with Crippen molar-refractivity contribution in [1.29, 1.82) is 0 Å². The van der Waals surface area contributed by atoms with Crippen molar-refractivity contribution >= 4 is 28.8 Å². The Kier molecular flexibility index (Phi) is 4.62. The van der Waals surface area contributed by atoms with Crippen LogP contribution in [0.2, 0.25) is 10.0 Å². The zero-order chi connectivity index (χ0) is 18.1. The van der Waals surface area contributed by atoms with Crippen LogP contribution in [-0.4, -0.2) is 14.6 Å². The number of halogens is 3. The highest BCUT2D eigenvalue weighted by Crippen LogP contribution is 2.26. The minimum absolute atomic E-state index is 0.287. The van der Waals surface area contributed by atoms with Crippen LogP contribution in [0.3, 0.4) is 0 Å². The maximum absolute atomic E-state index is 14.0. The first-order chi connectivity index (χ1) is 12.6. The number of rotatable bonds is 4. The highest BCUT2D eigenvalue weighted by Gasteiger charge is 2.12. The van der Waals surface area contributed by atoms with E-state index in [9.17, 15) is 4.39 Å². The summed E-state index contributed by atoms with van der Waals surface area (Å²) >= 11 is 12.1. The van der Waals surface area contributed by atoms with E-state index in [4.69, 9.17) is 23.2 Å². The Morgan fingerprint density at radius 2 is 1.77 bits per heavy atom. The quantitative estimate of drug-likeness (QED) is 0.455. The Labute approximate surface area is 160 Å². The van der Waals surface area contributed by atoms with Crippen LogP contribution >= 0.6 is 23.2 Å². The van der Waals surface area contributed by atoms with Crippen molar-refractivity contribution in [2.24, 2.45) is 0 Å². The lowest BCUT2D eigenvalue weighted by Crippen LogP contribution is -2.03. The minimum atomic E-state index is -0.287. The number of hydrogen-bond donors (Lipinski definition) is 0. The summed E-state index contributed by atoms with van der Waals surface area (Å²) < 4.78 is 15.8. The summed E-state index contributed by atoms with van der Waals surface area (Å²) in [7, 11) is 0. The summed E-state index contributed by atoms with van der Waals surface area (Å²) in [6, 6.07) is 14.2. The molecule has 130 valence electrons. The number of aromatic nitrogens is 3. The Morgan fingerprint density at radius 3 is 2.54 bits per heavy atom. The zero-order valence-electron chi connectivity index (χ0n) is 13.7. The predicted octanol–water partition coefficient (Wildman–Crippen LogP) is 5.63. The van der Waals surface area contributed by atoms with Crippen molar-refractivity contribution < 1.29 is 4.39 Å². The van der Waals surface area contributed by atoms with Gasteiger partial charge in [0.15, 0.2) is 5.65 Å². The normalized spacial score (nSPS) is 11.2. The molecule has 0 saturated heterocycles. The summed E-state index contributed by atoms with van der Waals surface area (Å²) in [5.74, 6) is -0.287. The van der Waals surface area contributed by atoms with Crippen molar-refractivity contribution in [3.63, 3.8) is 0 Å². The summed E-state index contributed by atoms with van der Waals surface area (Å²) in [5, 5.41) is 5.59. The number of fused-ring (bicyclic) bond motifs is 1. The van der Waals surface area contributed by atoms with Crippen LogP contribution in [0.25, 0.3) is 16.8 Å². The van der Waals surface area contributed by atoms with Crippen molar-refractivity contribution in [1.82, 2.24) is 14.6 Å². The first kappa shape index (κ1) is 17.0. The van der Waals surface area contributed by atoms with Gasteiger partial charge in [-0.2, -0.15) is 5.10 Å². The van der Waals surface area contributed by atoms with Crippen LogP contribution in [0, 0.1) is 5.82 Å². The molecule has 0 unspecified atom stereocenters. The molecule has 0 N–H and O–H groups in total. The average molecular weight is 386 g/mol. The van der Waals surface area contributed by atoms with Gasteiger partial charge in [0.25, 0.3) is 0 Å². The number of benzene rings is 2. The second kappa shape index (κ2) is 7.06. The summed E-state index contributed by atoms with van der Waals surface area (Å²) in [6.07, 6.45) is 4.61. The minimum Gasteiger partial charge on any atom is -0.236 e. The molecule has 0 atom stereocenters. The largest absolute Gasteiger partial charge is 0.236 e. The first-order valence-electron chi connectivity index (χ1n) is 8.14. The fourth-order valence-electron chi connectivity index (χ4n) is 2.99. The third kappa shape index (κ3) is 3.18. The van der Waals surface area contributed by atoms with Crippen molar-refractivity contribution in [2.75, 3.05) is 0 Å². The van der Waals surface area contributed by atoms with Gasteiger partial charge in [0.1, 0.15) is 5.82 Å². The Morgan fingerprint density at radius 1 is 0.962 bits per heavy atom. The van der Waals surface area contributed by atoms with Gasteiger partial charge < -0.3 is 0 Å². The molecule has 0 aliphatic rings. The van der Waals surface area contributed by atoms with E-state index >= 15 is 0 Å². The molecule has 4 aromatic rings. The SMILES string of the molecule is Fc1cccc(Cl)c1CCc1ccnc2c(-c3ccc(Cl)cc3)cnn12. The molecule has 0 aliphatic heterocycles. The highest BCUT2D eigenvalue weighted by molar-refractivity contribution is 6.31. The summed E-state index contributed by atoms with van der Waals surface area (Å²) in [5.41, 5.74) is 4.13. The molecule has 0 fully saturated rings. The van der Waals surface area contributed by atoms with Gasteiger partial charge in [-0.1, -0.05) is 41.4 Å². The molecule has 3 nitrogen and oxygen atoms in total. The molecule has 26 heavy (non-hydrogen) atoms. The smallest absolute Gasteiger partial charge is 0.163 e. The number of nitrogens with zero attached hydrogens (tertiary/aromatic N) is 3. The molecular formula is C20H14Cl2FN3. The average Bonchev–Trinajstić information content (AvgIpc) is 3.07. The van der Waals surface area contributed by atoms with Gasteiger partial charge in [-0.25, -0.2) is 13.9 Å². The van der Waals surface area contributed by atoms with Gasteiger partial charge in [-0.05, 0) is 48.7 Å². The molecule has 0 spiro atoms. The second-order valence-corrected chi connectivity index (χ2v) is 6.78. The maximum Gasteiger partial charge on any atom is 0.163 e. The second-order valence-electron chi connectivity index (χ2n) is 5.94. The van der Waals surface area contributed by atoms with Gasteiger partial charge >= 0.3 is 0 Å². The number of hydrogen-bond acceptors (Lipinski definition) is 2. The van der Waals surface area contributed by atoms with Crippen LogP contribution in [0.5, 0.6) is 0 Å². The van der Waals surface area contributed by atoms with E-state index < -0.39 is 0 Å². The van der Waals surface area contributed by atoms with Crippen LogP contribution in [0.1, 0.15) is 11.3 Å². The van der Waals surface area contributed by atoms with Crippen molar-refractivity contribution in [3.05, 3.63) is 88.0 Å². The van der Waals surface area contributed by atoms with Gasteiger partial charge in [0, 0.05) is 33.1 Å². The van der Waals surface area contributed by atoms with Crippen LogP contribution < -0.4 is 0 Å². The first-order valence-corrected chi connectivity index (χ1v) is 8.89. The molecular weight excluding hydrogens is 372 g/mol. The third-order valence-corrected chi connectivity index (χ3v) is 4.93. The predicted molar refractivity (Wildman–Crippen MR) is 102 cm³/mol. The summed E-state index contributed by atoms with van der Waals surface area (Å²) in [4.78, 5) is 4.46. The lowest BCUT2D eigenvalue weighted by molar-refractivity contribution is 0.607. The molecule has 6 heteroatoms. The molecule has 2 aromatic carbocycles. The van der Waals surface area contributed by atoms with Gasteiger partial charge in [-0.15, -0.1) is 0 Å². The molecule has 0 saturated carbocycles. The lowest BCUT2D eigenvalue weighted by Gasteiger charge is -2.08. The van der Waals surface area contributed by atoms with Gasteiger partial charge in [0.2, 0.25) is 0 Å². The van der Waals surface area contributed by atoms with E-state index in [0.717, 1.165) is 22.5 Å². The third-order valence-electron chi connectivity index (χ3n) is 4.33. The molecule has 2 aromatic heterocycles. The Bertz CT molecular complexity index is 1050. The Balaban J connectivity index is 1.68. The molecule has 2 heterocycles. The molecule has 4 rings (SSSR count). The van der Waals surface area contributed by atoms with E-state index in [-0.39, 0.29) is 5.82 Å². The van der Waals surface area contributed by atoms with Crippen molar-refractivity contribution in [2.45, 2.75) is 12.8 Å². The van der Waals surface area contributed by atoms with E-state index in [0.29, 0.717) is 28.5 Å². The zero-order valence-corrected chi connectivity index (χ0v) is 15.2. The molecule has 0 radical (unpaired) electrons. The highest BCUT2D eigenvalue weighted by atomic mass is 35.5. The lowest BCUT2D eigenvalue weighted by atomic mass is 10.1. The topological polar surface area (TPSA) is 30.2 Å². The van der Waals surface area contributed by atoms with Gasteiger partial charge in [0.05, 0.1) is 6.20 Å². The Hall–Kier alpha value is -2.43. The maximum atomic E-state index is 14.0. The monoisotopic (exact) mass is 385 g/mol. The fraction of sp³-hybridized carbons (Fsp3) is 0.100. The number of aryl methyl sites for hydroxylation is 1. The standard InChI is InChI=1S/C20H14Cl2FN3/c21-14-6-4-13(5-7-14)17-12-25-26-15(10-11-24-20(17)26)8-9-16-18(22)2-1-3-19(16)23/h1-7,10-12H,8-9H2. The van der Waals surface area contributed by atoms with E-state index in [1.807, 2.05) is 30.3 Å². The molecule has 0 bridgehead atoms. The van der Waals surface area contributed by atoms with Crippen molar-refractivity contribution in [3.8, 4) is 11.1 Å². The van der Waals surface area contributed by atoms with Crippen LogP contribution in [0.4, 0.5) is 4.39 Å². The summed E-state index contributed by atoms with van der Waals surface area (Å²) in [6.45, 7) is 0. The van der Waals surface area contributed by atoms with Gasteiger partial charge in [-0.3, -0.25) is 0 Å². The van der Waals surface area contributed by atoms with E-state index in [1.165, 1.54) is 6.07 Å². The molecule has 0 amide bonds. The van der Waals surface area contributed by atoms with Crippen LogP contribution in [0.15, 0.2) is 60.9 Å². The van der Waals surface area contributed by atoms with E-state index in [2.05, 4.69) is 10.1 Å². The van der Waals surface area contributed by atoms with Crippen LogP contribution in [-0.2, 0) is 12.8 Å². The van der Waals surface area contributed by atoms with E-state index in [1.54, 1.807) is 29.0 Å².